The molecule has 96 valence electrons. The van der Waals surface area contributed by atoms with E-state index in [9.17, 15) is 4.79 Å². The van der Waals surface area contributed by atoms with Crippen molar-refractivity contribution in [3.63, 3.8) is 0 Å². The normalized spacial score (nSPS) is 21.2. The fraction of sp³-hybridized carbons (Fsp3) is 0.385. The van der Waals surface area contributed by atoms with Crippen LogP contribution in [0.2, 0.25) is 0 Å². The third-order valence-corrected chi connectivity index (χ3v) is 3.30. The van der Waals surface area contributed by atoms with Gasteiger partial charge in [-0.3, -0.25) is 4.79 Å². The molecule has 0 saturated heterocycles. The summed E-state index contributed by atoms with van der Waals surface area (Å²) in [6, 6.07) is 7.78. The highest BCUT2D eigenvalue weighted by molar-refractivity contribution is 9.06. The number of carbonyl (C=O) groups is 1. The van der Waals surface area contributed by atoms with Gasteiger partial charge in [-0.15, -0.1) is 0 Å². The molecule has 1 aromatic carbocycles. The highest BCUT2D eigenvalue weighted by Gasteiger charge is 2.38. The first-order chi connectivity index (χ1) is 8.60. The SMILES string of the molecule is CCOC1=NC(C)(CC(=O)OBr)c2ccccc21. The van der Waals surface area contributed by atoms with Crippen molar-refractivity contribution < 1.29 is 13.4 Å². The van der Waals surface area contributed by atoms with Gasteiger partial charge in [0.25, 0.3) is 0 Å². The summed E-state index contributed by atoms with van der Waals surface area (Å²) in [6.07, 6.45) is 0.172. The van der Waals surface area contributed by atoms with Crippen LogP contribution in [0.4, 0.5) is 0 Å². The summed E-state index contributed by atoms with van der Waals surface area (Å²) in [4.78, 5) is 16.0. The molecule has 0 spiro atoms. The van der Waals surface area contributed by atoms with Crippen molar-refractivity contribution >= 4 is 28.1 Å². The molecule has 0 aromatic heterocycles. The highest BCUT2D eigenvalue weighted by Crippen LogP contribution is 2.38. The van der Waals surface area contributed by atoms with Gasteiger partial charge in [0.15, 0.2) is 16.3 Å². The van der Waals surface area contributed by atoms with Crippen molar-refractivity contribution in [2.24, 2.45) is 4.99 Å². The molecule has 0 N–H and O–H groups in total. The summed E-state index contributed by atoms with van der Waals surface area (Å²) in [5, 5.41) is 0. The highest BCUT2D eigenvalue weighted by atomic mass is 79.9. The second kappa shape index (κ2) is 5.10. The summed E-state index contributed by atoms with van der Waals surface area (Å²) in [5.74, 6) is 0.242. The van der Waals surface area contributed by atoms with Crippen LogP contribution in [-0.2, 0) is 18.9 Å². The van der Waals surface area contributed by atoms with Gasteiger partial charge in [0.1, 0.15) is 0 Å². The van der Waals surface area contributed by atoms with Crippen LogP contribution in [0.1, 0.15) is 31.4 Å². The quantitative estimate of drug-likeness (QED) is 0.862. The average molecular weight is 312 g/mol. The number of ether oxygens (including phenoxy) is 1. The molecule has 4 nitrogen and oxygen atoms in total. The lowest BCUT2D eigenvalue weighted by molar-refractivity contribution is -0.133. The molecule has 1 aliphatic heterocycles. The summed E-state index contributed by atoms with van der Waals surface area (Å²) >= 11 is 2.70. The Morgan fingerprint density at radius 2 is 2.17 bits per heavy atom. The van der Waals surface area contributed by atoms with Gasteiger partial charge in [-0.05, 0) is 25.5 Å². The lowest BCUT2D eigenvalue weighted by Gasteiger charge is -2.19. The number of benzene rings is 1. The van der Waals surface area contributed by atoms with E-state index in [1.54, 1.807) is 0 Å². The molecular weight excluding hydrogens is 298 g/mol. The minimum absolute atomic E-state index is 0.172. The molecule has 18 heavy (non-hydrogen) atoms. The second-order valence-electron chi connectivity index (χ2n) is 4.30. The summed E-state index contributed by atoms with van der Waals surface area (Å²) in [6.45, 7) is 4.36. The minimum atomic E-state index is -0.619. The van der Waals surface area contributed by atoms with Crippen LogP contribution in [0.15, 0.2) is 29.3 Å². The number of fused-ring (bicyclic) bond motifs is 1. The van der Waals surface area contributed by atoms with Gasteiger partial charge in [0, 0.05) is 5.56 Å². The fourth-order valence-electron chi connectivity index (χ4n) is 2.17. The number of halogens is 1. The zero-order valence-electron chi connectivity index (χ0n) is 10.3. The van der Waals surface area contributed by atoms with E-state index >= 15 is 0 Å². The minimum Gasteiger partial charge on any atom is -0.478 e. The Hall–Kier alpha value is -1.36. The predicted molar refractivity (Wildman–Crippen MR) is 71.6 cm³/mol. The van der Waals surface area contributed by atoms with Gasteiger partial charge >= 0.3 is 5.97 Å². The van der Waals surface area contributed by atoms with Crippen LogP contribution in [0.25, 0.3) is 0 Å². The van der Waals surface area contributed by atoms with Gasteiger partial charge in [0.2, 0.25) is 5.90 Å². The van der Waals surface area contributed by atoms with Crippen LogP contribution in [-0.4, -0.2) is 18.5 Å². The van der Waals surface area contributed by atoms with Gasteiger partial charge in [0.05, 0.1) is 18.6 Å². The molecule has 0 saturated carbocycles. The number of nitrogens with zero attached hydrogens (tertiary/aromatic N) is 1. The molecule has 0 amide bonds. The first-order valence-corrected chi connectivity index (χ1v) is 6.39. The lowest BCUT2D eigenvalue weighted by Crippen LogP contribution is -2.21. The van der Waals surface area contributed by atoms with Crippen molar-refractivity contribution in [1.29, 1.82) is 0 Å². The predicted octanol–water partition coefficient (Wildman–Crippen LogP) is 2.94. The molecule has 1 aromatic rings. The van der Waals surface area contributed by atoms with Crippen LogP contribution in [0.3, 0.4) is 0 Å². The summed E-state index contributed by atoms with van der Waals surface area (Å²) in [7, 11) is 0. The van der Waals surface area contributed by atoms with E-state index in [0.29, 0.717) is 12.5 Å². The summed E-state index contributed by atoms with van der Waals surface area (Å²) in [5.41, 5.74) is 1.32. The molecule has 2 rings (SSSR count). The Balaban J connectivity index is 2.40. The van der Waals surface area contributed by atoms with E-state index < -0.39 is 5.54 Å². The topological polar surface area (TPSA) is 47.9 Å². The monoisotopic (exact) mass is 311 g/mol. The number of carbonyl (C=O) groups excluding carboxylic acids is 1. The van der Waals surface area contributed by atoms with Crippen LogP contribution < -0.4 is 0 Å². The number of hydrogen-bond acceptors (Lipinski definition) is 4. The van der Waals surface area contributed by atoms with E-state index in [4.69, 9.17) is 4.74 Å². The van der Waals surface area contributed by atoms with E-state index in [1.165, 1.54) is 0 Å². The number of aliphatic imine (C=N–C) groups is 1. The average Bonchev–Trinajstić information content (AvgIpc) is 2.64. The largest absolute Gasteiger partial charge is 0.478 e. The van der Waals surface area contributed by atoms with Gasteiger partial charge in [-0.1, -0.05) is 18.2 Å². The van der Waals surface area contributed by atoms with E-state index in [0.717, 1.165) is 11.1 Å². The Kier molecular flexibility index (Phi) is 3.71. The zero-order chi connectivity index (χ0) is 13.2. The molecule has 0 fully saturated rings. The van der Waals surface area contributed by atoms with Crippen LogP contribution in [0, 0.1) is 0 Å². The third kappa shape index (κ3) is 2.27. The Labute approximate surface area is 114 Å². The Morgan fingerprint density at radius 1 is 1.44 bits per heavy atom. The molecule has 1 atom stereocenters. The Morgan fingerprint density at radius 3 is 2.83 bits per heavy atom. The van der Waals surface area contributed by atoms with Crippen molar-refractivity contribution in [3.8, 4) is 0 Å². The van der Waals surface area contributed by atoms with Gasteiger partial charge in [-0.25, -0.2) is 4.99 Å². The van der Waals surface area contributed by atoms with Crippen molar-refractivity contribution in [2.45, 2.75) is 25.8 Å². The molecule has 0 bridgehead atoms. The second-order valence-corrected chi connectivity index (χ2v) is 4.62. The maximum absolute atomic E-state index is 11.5. The molecular formula is C13H14BrNO3. The molecule has 0 radical (unpaired) electrons. The van der Waals surface area contributed by atoms with Gasteiger partial charge in [-0.2, -0.15) is 0 Å². The van der Waals surface area contributed by atoms with Crippen LogP contribution >= 0.6 is 16.3 Å². The summed E-state index contributed by atoms with van der Waals surface area (Å²) < 4.78 is 10.1. The standard InChI is InChI=1S/C13H14BrNO3/c1-3-17-12-9-6-4-5-7-10(9)13(2,15-12)8-11(16)18-14/h4-7H,3,8H2,1-2H3. The zero-order valence-corrected chi connectivity index (χ0v) is 11.9. The van der Waals surface area contributed by atoms with Crippen LogP contribution in [0.5, 0.6) is 0 Å². The van der Waals surface area contributed by atoms with Crippen molar-refractivity contribution in [1.82, 2.24) is 0 Å². The lowest BCUT2D eigenvalue weighted by atomic mass is 9.89. The molecule has 1 unspecified atom stereocenters. The molecule has 5 heteroatoms. The first-order valence-electron chi connectivity index (χ1n) is 5.74. The number of hydrogen-bond donors (Lipinski definition) is 0. The smallest absolute Gasteiger partial charge is 0.320 e. The van der Waals surface area contributed by atoms with E-state index in [-0.39, 0.29) is 12.4 Å². The first kappa shape index (κ1) is 13.1. The van der Waals surface area contributed by atoms with Crippen molar-refractivity contribution in [2.75, 3.05) is 6.61 Å². The molecule has 1 aliphatic rings. The third-order valence-electron chi connectivity index (χ3n) is 2.94. The van der Waals surface area contributed by atoms with E-state index in [1.807, 2.05) is 38.1 Å². The maximum atomic E-state index is 11.5. The molecule has 1 heterocycles. The van der Waals surface area contributed by atoms with Crippen molar-refractivity contribution in [3.05, 3.63) is 35.4 Å². The maximum Gasteiger partial charge on any atom is 0.320 e. The Bertz CT molecular complexity index is 501. The van der Waals surface area contributed by atoms with Gasteiger partial charge < -0.3 is 8.57 Å². The molecule has 0 aliphatic carbocycles. The number of rotatable bonds is 3. The fourth-order valence-corrected chi connectivity index (χ4v) is 2.29. The van der Waals surface area contributed by atoms with E-state index in [2.05, 4.69) is 25.1 Å².